The number of carbonyl (C=O) groups excluding carboxylic acids is 2. The summed E-state index contributed by atoms with van der Waals surface area (Å²) < 4.78 is 10.8. The molecule has 2 aromatic rings. The molecule has 5 rings (SSSR count). The lowest BCUT2D eigenvalue weighted by Gasteiger charge is -2.33. The topological polar surface area (TPSA) is 59.1 Å². The first kappa shape index (κ1) is 19.3. The number of ether oxygens (including phenoxy) is 2. The van der Waals surface area contributed by atoms with Gasteiger partial charge in [-0.1, -0.05) is 12.1 Å². The lowest BCUT2D eigenvalue weighted by atomic mass is 10.0. The molecular formula is C23H24N2O4S. The van der Waals surface area contributed by atoms with E-state index in [-0.39, 0.29) is 17.7 Å². The van der Waals surface area contributed by atoms with Gasteiger partial charge < -0.3 is 19.3 Å². The summed E-state index contributed by atoms with van der Waals surface area (Å²) in [5.41, 5.74) is 2.67. The Hall–Kier alpha value is -2.67. The molecule has 1 atom stereocenters. The normalized spacial score (nSPS) is 22.5. The summed E-state index contributed by atoms with van der Waals surface area (Å²) in [6.07, 6.45) is 1.84. The fraction of sp³-hybridized carbons (Fsp3) is 0.391. The Morgan fingerprint density at radius 3 is 2.63 bits per heavy atom. The first-order valence-corrected chi connectivity index (χ1v) is 11.2. The number of hydrogen-bond acceptors (Lipinski definition) is 5. The van der Waals surface area contributed by atoms with Crippen LogP contribution in [0.2, 0.25) is 0 Å². The Kier molecular flexibility index (Phi) is 4.65. The lowest BCUT2D eigenvalue weighted by molar-refractivity contribution is -0.141. The largest absolute Gasteiger partial charge is 0.497 e. The summed E-state index contributed by atoms with van der Waals surface area (Å²) in [4.78, 5) is 29.7. The Bertz CT molecular complexity index is 1020. The minimum absolute atomic E-state index is 0.0509. The number of benzene rings is 2. The van der Waals surface area contributed by atoms with Crippen molar-refractivity contribution in [3.63, 3.8) is 0 Å². The van der Waals surface area contributed by atoms with E-state index < -0.39 is 4.87 Å². The summed E-state index contributed by atoms with van der Waals surface area (Å²) in [6.45, 7) is 1.01. The first-order valence-electron chi connectivity index (χ1n) is 10.2. The maximum absolute atomic E-state index is 13.9. The van der Waals surface area contributed by atoms with Crippen molar-refractivity contribution < 1.29 is 19.1 Å². The Balaban J connectivity index is 1.59. The van der Waals surface area contributed by atoms with Gasteiger partial charge in [-0.3, -0.25) is 9.59 Å². The van der Waals surface area contributed by atoms with Gasteiger partial charge in [0.2, 0.25) is 5.91 Å². The second-order valence-corrected chi connectivity index (χ2v) is 9.17. The first-order chi connectivity index (χ1) is 14.6. The summed E-state index contributed by atoms with van der Waals surface area (Å²) >= 11 is 1.56. The van der Waals surface area contributed by atoms with Crippen LogP contribution in [0.25, 0.3) is 0 Å². The number of carbonyl (C=O) groups is 2. The van der Waals surface area contributed by atoms with Crippen LogP contribution in [0.1, 0.15) is 24.0 Å². The summed E-state index contributed by atoms with van der Waals surface area (Å²) in [5, 5.41) is 0. The minimum atomic E-state index is -0.998. The van der Waals surface area contributed by atoms with E-state index in [1.54, 1.807) is 30.9 Å². The molecule has 6 nitrogen and oxygen atoms in total. The van der Waals surface area contributed by atoms with Crippen LogP contribution in [0.3, 0.4) is 0 Å². The number of amides is 2. The molecule has 0 radical (unpaired) electrons. The maximum Gasteiger partial charge on any atom is 0.268 e. The second kappa shape index (κ2) is 7.23. The van der Waals surface area contributed by atoms with Crippen molar-refractivity contribution in [1.82, 2.24) is 4.90 Å². The molecule has 2 aromatic carbocycles. The van der Waals surface area contributed by atoms with Gasteiger partial charge in [0.1, 0.15) is 11.5 Å². The molecule has 2 fully saturated rings. The third kappa shape index (κ3) is 2.87. The zero-order valence-electron chi connectivity index (χ0n) is 17.1. The van der Waals surface area contributed by atoms with Crippen molar-refractivity contribution in [2.75, 3.05) is 31.4 Å². The van der Waals surface area contributed by atoms with Crippen molar-refractivity contribution in [1.29, 1.82) is 0 Å². The van der Waals surface area contributed by atoms with Gasteiger partial charge in [0.05, 0.1) is 26.5 Å². The minimum Gasteiger partial charge on any atom is -0.497 e. The van der Waals surface area contributed by atoms with Crippen LogP contribution in [-0.2, 0) is 21.0 Å². The van der Waals surface area contributed by atoms with E-state index in [4.69, 9.17) is 9.47 Å². The van der Waals surface area contributed by atoms with Crippen LogP contribution in [0.4, 0.5) is 5.69 Å². The van der Waals surface area contributed by atoms with Gasteiger partial charge in [0.25, 0.3) is 5.91 Å². The third-order valence-electron chi connectivity index (χ3n) is 6.07. The average Bonchev–Trinajstić information content (AvgIpc) is 3.50. The van der Waals surface area contributed by atoms with E-state index in [0.29, 0.717) is 18.8 Å². The molecule has 1 saturated carbocycles. The van der Waals surface area contributed by atoms with Gasteiger partial charge in [-0.15, -0.1) is 11.8 Å². The van der Waals surface area contributed by atoms with Gasteiger partial charge in [-0.2, -0.15) is 0 Å². The Morgan fingerprint density at radius 2 is 1.90 bits per heavy atom. The Labute approximate surface area is 180 Å². The zero-order valence-corrected chi connectivity index (χ0v) is 17.9. The van der Waals surface area contributed by atoms with E-state index in [9.17, 15) is 9.59 Å². The van der Waals surface area contributed by atoms with Crippen LogP contribution < -0.4 is 14.4 Å². The van der Waals surface area contributed by atoms with E-state index in [2.05, 4.69) is 0 Å². The van der Waals surface area contributed by atoms with Crippen LogP contribution >= 0.6 is 11.8 Å². The number of nitrogens with zero attached hydrogens (tertiary/aromatic N) is 2. The number of fused-ring (bicyclic) bond motifs is 2. The predicted octanol–water partition coefficient (Wildman–Crippen LogP) is 3.39. The zero-order chi connectivity index (χ0) is 20.9. The van der Waals surface area contributed by atoms with Gasteiger partial charge in [0, 0.05) is 23.8 Å². The highest BCUT2D eigenvalue weighted by molar-refractivity contribution is 8.01. The molecule has 7 heteroatoms. The highest BCUT2D eigenvalue weighted by atomic mass is 32.2. The number of rotatable bonds is 5. The number of hydrogen-bond donors (Lipinski definition) is 0. The van der Waals surface area contributed by atoms with E-state index in [1.807, 2.05) is 47.4 Å². The third-order valence-corrected chi connectivity index (χ3v) is 7.49. The maximum atomic E-state index is 13.9. The number of methoxy groups -OCH3 is 2. The van der Waals surface area contributed by atoms with Gasteiger partial charge in [-0.25, -0.2) is 0 Å². The molecule has 2 heterocycles. The van der Waals surface area contributed by atoms with Crippen molar-refractivity contribution in [3.05, 3.63) is 53.6 Å². The highest BCUT2D eigenvalue weighted by Gasteiger charge is 2.60. The molecule has 156 valence electrons. The van der Waals surface area contributed by atoms with Gasteiger partial charge >= 0.3 is 0 Å². The molecule has 2 aliphatic heterocycles. The molecule has 1 saturated heterocycles. The highest BCUT2D eigenvalue weighted by Crippen LogP contribution is 2.56. The number of anilines is 1. The number of thioether (sulfide) groups is 1. The molecule has 0 aromatic heterocycles. The van der Waals surface area contributed by atoms with Crippen molar-refractivity contribution in [2.45, 2.75) is 24.3 Å². The van der Waals surface area contributed by atoms with Gasteiger partial charge in [0.15, 0.2) is 4.87 Å². The summed E-state index contributed by atoms with van der Waals surface area (Å²) in [7, 11) is 3.25. The molecule has 1 spiro atoms. The van der Waals surface area contributed by atoms with Crippen LogP contribution in [0.5, 0.6) is 11.5 Å². The second-order valence-electron chi connectivity index (χ2n) is 7.88. The standard InChI is InChI=1S/C23H24N2O4S/c1-28-17-5-3-4-15(12-17)14-24-20-9-8-18(29-2)13-19(20)23(22(24)27)25(10-11-30-23)21(26)16-6-7-16/h3-5,8-9,12-13,16H,6-7,10-11,14H2,1-2H3. The van der Waals surface area contributed by atoms with E-state index >= 15 is 0 Å². The molecule has 0 bridgehead atoms. The molecule has 2 amide bonds. The molecular weight excluding hydrogens is 400 g/mol. The fourth-order valence-electron chi connectivity index (χ4n) is 4.40. The predicted molar refractivity (Wildman–Crippen MR) is 116 cm³/mol. The fourth-order valence-corrected chi connectivity index (χ4v) is 5.86. The SMILES string of the molecule is COc1cccc(CN2C(=O)C3(SCCN3C(=O)C3CC3)c3cc(OC)ccc32)c1. The van der Waals surface area contributed by atoms with Crippen molar-refractivity contribution in [2.24, 2.45) is 5.92 Å². The molecule has 1 unspecified atom stereocenters. The van der Waals surface area contributed by atoms with E-state index in [0.717, 1.165) is 41.2 Å². The molecule has 30 heavy (non-hydrogen) atoms. The molecule has 0 N–H and O–H groups in total. The molecule has 1 aliphatic carbocycles. The van der Waals surface area contributed by atoms with E-state index in [1.165, 1.54) is 0 Å². The average molecular weight is 425 g/mol. The van der Waals surface area contributed by atoms with Gasteiger partial charge in [-0.05, 0) is 48.7 Å². The summed E-state index contributed by atoms with van der Waals surface area (Å²) in [5.74, 6) is 2.30. The molecule has 3 aliphatic rings. The van der Waals surface area contributed by atoms with Crippen LogP contribution in [-0.4, -0.2) is 43.2 Å². The Morgan fingerprint density at radius 1 is 1.13 bits per heavy atom. The van der Waals surface area contributed by atoms with Crippen LogP contribution in [0, 0.1) is 5.92 Å². The summed E-state index contributed by atoms with van der Waals surface area (Å²) in [6, 6.07) is 13.5. The van der Waals surface area contributed by atoms with Crippen molar-refractivity contribution in [3.8, 4) is 11.5 Å². The van der Waals surface area contributed by atoms with Crippen molar-refractivity contribution >= 4 is 29.3 Å². The van der Waals surface area contributed by atoms with Crippen LogP contribution in [0.15, 0.2) is 42.5 Å². The quantitative estimate of drug-likeness (QED) is 0.736. The lowest BCUT2D eigenvalue weighted by Crippen LogP contribution is -2.50. The monoisotopic (exact) mass is 424 g/mol. The smallest absolute Gasteiger partial charge is 0.268 e.